The molecular formula is C12H14O3. The summed E-state index contributed by atoms with van der Waals surface area (Å²) < 4.78 is 5.13. The Balaban J connectivity index is 2.92. The lowest BCUT2D eigenvalue weighted by molar-refractivity contribution is -0.163. The van der Waals surface area contributed by atoms with Crippen molar-refractivity contribution in [3.05, 3.63) is 37.5 Å². The van der Waals surface area contributed by atoms with Gasteiger partial charge < -0.3 is 4.74 Å². The highest BCUT2D eigenvalue weighted by Crippen LogP contribution is 2.28. The van der Waals surface area contributed by atoms with Crippen LogP contribution in [0.2, 0.25) is 0 Å². The van der Waals surface area contributed by atoms with Crippen LogP contribution in [0.5, 0.6) is 0 Å². The molecule has 0 aromatic heterocycles. The highest BCUT2D eigenvalue weighted by Gasteiger charge is 2.40. The maximum atomic E-state index is 11.7. The van der Waals surface area contributed by atoms with Crippen molar-refractivity contribution in [1.29, 1.82) is 0 Å². The minimum absolute atomic E-state index is 0.177. The zero-order valence-corrected chi connectivity index (χ0v) is 8.57. The average molecular weight is 206 g/mol. The first-order valence-corrected chi connectivity index (χ1v) is 4.82. The van der Waals surface area contributed by atoms with Gasteiger partial charge in [0.1, 0.15) is 0 Å². The van der Waals surface area contributed by atoms with Gasteiger partial charge in [0.2, 0.25) is 0 Å². The van der Waals surface area contributed by atoms with E-state index >= 15 is 0 Å². The lowest BCUT2D eigenvalue weighted by Crippen LogP contribution is -2.44. The molecule has 0 aromatic rings. The zero-order valence-electron chi connectivity index (χ0n) is 8.57. The van der Waals surface area contributed by atoms with E-state index in [1.54, 1.807) is 12.2 Å². The van der Waals surface area contributed by atoms with E-state index in [-0.39, 0.29) is 5.78 Å². The molecule has 1 unspecified atom stereocenters. The molecule has 0 saturated heterocycles. The van der Waals surface area contributed by atoms with Gasteiger partial charge in [-0.05, 0) is 18.9 Å². The van der Waals surface area contributed by atoms with Crippen LogP contribution in [0.15, 0.2) is 37.5 Å². The van der Waals surface area contributed by atoms with Gasteiger partial charge >= 0.3 is 5.97 Å². The zero-order chi connectivity index (χ0) is 11.3. The van der Waals surface area contributed by atoms with E-state index in [0.29, 0.717) is 19.3 Å². The highest BCUT2D eigenvalue weighted by atomic mass is 16.6. The SMILES string of the molecule is C=CCCC1(CC=C)OC(=O)C=CC1=O. The van der Waals surface area contributed by atoms with E-state index < -0.39 is 11.6 Å². The van der Waals surface area contributed by atoms with Gasteiger partial charge in [-0.2, -0.15) is 0 Å². The summed E-state index contributed by atoms with van der Waals surface area (Å²) in [7, 11) is 0. The molecule has 0 fully saturated rings. The fourth-order valence-corrected chi connectivity index (χ4v) is 1.56. The first-order chi connectivity index (χ1) is 7.14. The van der Waals surface area contributed by atoms with Crippen LogP contribution in [0.1, 0.15) is 19.3 Å². The van der Waals surface area contributed by atoms with Crippen LogP contribution < -0.4 is 0 Å². The van der Waals surface area contributed by atoms with Gasteiger partial charge in [0, 0.05) is 12.5 Å². The summed E-state index contributed by atoms with van der Waals surface area (Å²) in [4.78, 5) is 22.9. The summed E-state index contributed by atoms with van der Waals surface area (Å²) in [5.74, 6) is -0.649. The van der Waals surface area contributed by atoms with Crippen LogP contribution in [-0.4, -0.2) is 17.4 Å². The van der Waals surface area contributed by atoms with Crippen molar-refractivity contribution in [3.8, 4) is 0 Å². The van der Waals surface area contributed by atoms with E-state index in [9.17, 15) is 9.59 Å². The predicted molar refractivity (Wildman–Crippen MR) is 57.2 cm³/mol. The van der Waals surface area contributed by atoms with Crippen molar-refractivity contribution in [2.45, 2.75) is 24.9 Å². The lowest BCUT2D eigenvalue weighted by Gasteiger charge is -2.31. The summed E-state index contributed by atoms with van der Waals surface area (Å²) >= 11 is 0. The summed E-state index contributed by atoms with van der Waals surface area (Å²) in [6.07, 6.45) is 7.14. The van der Waals surface area contributed by atoms with Gasteiger partial charge in [-0.25, -0.2) is 4.79 Å². The van der Waals surface area contributed by atoms with Crippen molar-refractivity contribution in [2.75, 3.05) is 0 Å². The van der Waals surface area contributed by atoms with E-state index in [1.165, 1.54) is 6.08 Å². The molecule has 1 atom stereocenters. The molecule has 80 valence electrons. The van der Waals surface area contributed by atoms with E-state index in [4.69, 9.17) is 4.74 Å². The van der Waals surface area contributed by atoms with Crippen molar-refractivity contribution in [1.82, 2.24) is 0 Å². The number of hydrogen-bond acceptors (Lipinski definition) is 3. The maximum Gasteiger partial charge on any atom is 0.331 e. The Morgan fingerprint density at radius 1 is 1.27 bits per heavy atom. The second-order valence-electron chi connectivity index (χ2n) is 3.43. The monoisotopic (exact) mass is 206 g/mol. The van der Waals surface area contributed by atoms with E-state index in [2.05, 4.69) is 13.2 Å². The molecule has 1 aliphatic heterocycles. The lowest BCUT2D eigenvalue weighted by atomic mass is 9.87. The minimum atomic E-state index is -1.05. The smallest absolute Gasteiger partial charge is 0.331 e. The molecule has 3 heteroatoms. The second kappa shape index (κ2) is 4.73. The highest BCUT2D eigenvalue weighted by molar-refractivity contribution is 6.05. The predicted octanol–water partition coefficient (Wildman–Crippen LogP) is 1.95. The third-order valence-corrected chi connectivity index (χ3v) is 2.34. The average Bonchev–Trinajstić information content (AvgIpc) is 2.21. The van der Waals surface area contributed by atoms with Crippen molar-refractivity contribution < 1.29 is 14.3 Å². The number of cyclic esters (lactones) is 1. The molecule has 0 saturated carbocycles. The summed E-state index contributed by atoms with van der Waals surface area (Å²) in [6.45, 7) is 7.16. The third kappa shape index (κ3) is 2.43. The Morgan fingerprint density at radius 2 is 2.00 bits per heavy atom. The van der Waals surface area contributed by atoms with Gasteiger partial charge in [0.25, 0.3) is 0 Å². The molecule has 0 aromatic carbocycles. The van der Waals surface area contributed by atoms with Gasteiger partial charge in [-0.3, -0.25) is 4.79 Å². The molecule has 0 radical (unpaired) electrons. The summed E-state index contributed by atoms with van der Waals surface area (Å²) in [5.41, 5.74) is -1.05. The maximum absolute atomic E-state index is 11.7. The first-order valence-electron chi connectivity index (χ1n) is 4.82. The molecule has 3 nitrogen and oxygen atoms in total. The fraction of sp³-hybridized carbons (Fsp3) is 0.333. The topological polar surface area (TPSA) is 43.4 Å². The number of rotatable bonds is 5. The van der Waals surface area contributed by atoms with Crippen LogP contribution in [0, 0.1) is 0 Å². The van der Waals surface area contributed by atoms with Crippen LogP contribution in [-0.2, 0) is 14.3 Å². The fourth-order valence-electron chi connectivity index (χ4n) is 1.56. The van der Waals surface area contributed by atoms with E-state index in [0.717, 1.165) is 6.08 Å². The Bertz CT molecular complexity index is 328. The van der Waals surface area contributed by atoms with Crippen LogP contribution in [0.3, 0.4) is 0 Å². The largest absolute Gasteiger partial charge is 0.447 e. The number of hydrogen-bond donors (Lipinski definition) is 0. The number of carbonyl (C=O) groups is 2. The number of ketones is 1. The van der Waals surface area contributed by atoms with Gasteiger partial charge in [0.15, 0.2) is 11.4 Å². The Morgan fingerprint density at radius 3 is 2.60 bits per heavy atom. The Labute approximate surface area is 89.1 Å². The molecule has 1 heterocycles. The van der Waals surface area contributed by atoms with Crippen LogP contribution in [0.4, 0.5) is 0 Å². The number of allylic oxidation sites excluding steroid dienone is 1. The quantitative estimate of drug-likeness (QED) is 0.510. The van der Waals surface area contributed by atoms with Gasteiger partial charge in [-0.1, -0.05) is 12.2 Å². The molecular weight excluding hydrogens is 192 g/mol. The van der Waals surface area contributed by atoms with Crippen LogP contribution >= 0.6 is 0 Å². The summed E-state index contributed by atoms with van der Waals surface area (Å²) in [5, 5.41) is 0. The molecule has 15 heavy (non-hydrogen) atoms. The van der Waals surface area contributed by atoms with Crippen molar-refractivity contribution in [2.24, 2.45) is 0 Å². The van der Waals surface area contributed by atoms with Gasteiger partial charge in [-0.15, -0.1) is 13.2 Å². The Hall–Kier alpha value is -1.64. The Kier molecular flexibility index (Phi) is 3.61. The molecule has 0 bridgehead atoms. The number of esters is 1. The molecule has 0 aliphatic carbocycles. The van der Waals surface area contributed by atoms with Crippen LogP contribution in [0.25, 0.3) is 0 Å². The molecule has 0 spiro atoms. The third-order valence-electron chi connectivity index (χ3n) is 2.34. The number of ether oxygens (including phenoxy) is 1. The van der Waals surface area contributed by atoms with Crippen molar-refractivity contribution >= 4 is 11.8 Å². The minimum Gasteiger partial charge on any atom is -0.447 e. The molecule has 1 aliphatic rings. The standard InChI is InChI=1S/C12H14O3/c1-3-5-9-12(8-4-2)10(13)6-7-11(14)15-12/h3-4,6-7H,1-2,5,8-9H2. The number of carbonyl (C=O) groups excluding carboxylic acids is 2. The second-order valence-corrected chi connectivity index (χ2v) is 3.43. The molecule has 0 N–H and O–H groups in total. The van der Waals surface area contributed by atoms with Crippen molar-refractivity contribution in [3.63, 3.8) is 0 Å². The van der Waals surface area contributed by atoms with Gasteiger partial charge in [0.05, 0.1) is 0 Å². The summed E-state index contributed by atoms with van der Waals surface area (Å²) in [6, 6.07) is 0. The normalized spacial score (nSPS) is 24.8. The first kappa shape index (κ1) is 11.4. The molecule has 0 amide bonds. The van der Waals surface area contributed by atoms with E-state index in [1.807, 2.05) is 0 Å². The molecule has 1 rings (SSSR count).